The number of guanidine groups is 1. The van der Waals surface area contributed by atoms with Gasteiger partial charge in [0.05, 0.1) is 21.1 Å². The highest BCUT2D eigenvalue weighted by Gasteiger charge is 2.07. The Morgan fingerprint density at radius 2 is 1.83 bits per heavy atom. The van der Waals surface area contributed by atoms with E-state index >= 15 is 0 Å². The van der Waals surface area contributed by atoms with Gasteiger partial charge < -0.3 is 4.55 Å². The number of hydrogen-bond acceptors (Lipinski definition) is 4. The normalized spacial score (nSPS) is 10.3. The van der Waals surface area contributed by atoms with Crippen LogP contribution in [-0.4, -0.2) is 44.8 Å². The zero-order valence-electron chi connectivity index (χ0n) is 6.99. The van der Waals surface area contributed by atoms with Crippen LogP contribution in [0.1, 0.15) is 0 Å². The molecule has 0 unspecified atom stereocenters. The summed E-state index contributed by atoms with van der Waals surface area (Å²) in [6.07, 6.45) is 0. The summed E-state index contributed by atoms with van der Waals surface area (Å²) in [6.45, 7) is 0. The van der Waals surface area contributed by atoms with E-state index in [2.05, 4.69) is 14.9 Å². The molecule has 0 amide bonds. The Morgan fingerprint density at radius 1 is 1.42 bits per heavy atom. The fourth-order valence-electron chi connectivity index (χ4n) is 0.614. The lowest BCUT2D eigenvalue weighted by atomic mass is 10.9. The molecule has 0 fully saturated rings. The SMILES string of the molecule is CNC(NC)=[N+](C)OS(=O)(=O)[O-]. The standard InChI is InChI=1S/C4H11N3O4S/c1-5-4(6-2)7(3)11-12(8,9)10/h1-3H3,(H2,5,6,8,9,10). The van der Waals surface area contributed by atoms with Crippen LogP contribution in [0.3, 0.4) is 0 Å². The van der Waals surface area contributed by atoms with Gasteiger partial charge in [0, 0.05) is 0 Å². The molecule has 7 nitrogen and oxygen atoms in total. The summed E-state index contributed by atoms with van der Waals surface area (Å²) in [7, 11) is -0.348. The van der Waals surface area contributed by atoms with Crippen molar-refractivity contribution in [3.63, 3.8) is 0 Å². The Bertz CT molecular complexity index is 264. The molecule has 0 aliphatic rings. The maximum atomic E-state index is 10.1. The van der Waals surface area contributed by atoms with Gasteiger partial charge in [-0.3, -0.25) is 10.6 Å². The molecule has 0 saturated heterocycles. The molecular formula is C4H11N3O4S. The van der Waals surface area contributed by atoms with Gasteiger partial charge in [0.1, 0.15) is 0 Å². The van der Waals surface area contributed by atoms with Gasteiger partial charge in [-0.1, -0.05) is 4.74 Å². The van der Waals surface area contributed by atoms with Crippen molar-refractivity contribution in [3.8, 4) is 0 Å². The van der Waals surface area contributed by atoms with Crippen molar-refractivity contribution in [1.82, 2.24) is 10.6 Å². The van der Waals surface area contributed by atoms with Gasteiger partial charge in [-0.05, 0) is 0 Å². The first-order chi connectivity index (χ1) is 5.40. The highest BCUT2D eigenvalue weighted by atomic mass is 32.3. The molecule has 0 bridgehead atoms. The average molecular weight is 197 g/mol. The first-order valence-corrected chi connectivity index (χ1v) is 4.35. The van der Waals surface area contributed by atoms with Crippen molar-refractivity contribution in [2.24, 2.45) is 0 Å². The topological polar surface area (TPSA) is 93.5 Å². The largest absolute Gasteiger partial charge is 0.713 e. The van der Waals surface area contributed by atoms with Gasteiger partial charge in [-0.15, -0.1) is 0 Å². The van der Waals surface area contributed by atoms with Crippen LogP contribution in [0.25, 0.3) is 0 Å². The first-order valence-electron chi connectivity index (χ1n) is 3.02. The Kier molecular flexibility index (Phi) is 3.77. The van der Waals surface area contributed by atoms with Crippen LogP contribution in [0.5, 0.6) is 0 Å². The summed E-state index contributed by atoms with van der Waals surface area (Å²) < 4.78 is 35.0. The number of rotatable bonds is 2. The van der Waals surface area contributed by atoms with Crippen LogP contribution in [-0.2, 0) is 14.7 Å². The third-order valence-corrected chi connectivity index (χ3v) is 1.40. The van der Waals surface area contributed by atoms with Crippen LogP contribution >= 0.6 is 0 Å². The fourth-order valence-corrected chi connectivity index (χ4v) is 0.962. The quantitative estimate of drug-likeness (QED) is 0.130. The third kappa shape index (κ3) is 3.98. The van der Waals surface area contributed by atoms with Gasteiger partial charge in [-0.2, -0.15) is 8.42 Å². The highest BCUT2D eigenvalue weighted by molar-refractivity contribution is 7.80. The van der Waals surface area contributed by atoms with E-state index in [0.29, 0.717) is 0 Å². The summed E-state index contributed by atoms with van der Waals surface area (Å²) in [4.78, 5) is 0. The molecule has 0 atom stereocenters. The molecular weight excluding hydrogens is 186 g/mol. The highest BCUT2D eigenvalue weighted by Crippen LogP contribution is 1.84. The molecule has 0 aromatic rings. The van der Waals surface area contributed by atoms with Gasteiger partial charge in [0.15, 0.2) is 0 Å². The molecule has 0 aliphatic carbocycles. The summed E-state index contributed by atoms with van der Waals surface area (Å²) in [5, 5.41) is 5.15. The number of hydrogen-bond donors (Lipinski definition) is 2. The van der Waals surface area contributed by atoms with E-state index < -0.39 is 10.4 Å². The van der Waals surface area contributed by atoms with Crippen LogP contribution in [0.15, 0.2) is 0 Å². The van der Waals surface area contributed by atoms with E-state index in [1.54, 1.807) is 14.1 Å². The predicted molar refractivity (Wildman–Crippen MR) is 40.1 cm³/mol. The summed E-state index contributed by atoms with van der Waals surface area (Å²) >= 11 is 0. The van der Waals surface area contributed by atoms with E-state index in [4.69, 9.17) is 0 Å². The lowest BCUT2D eigenvalue weighted by Crippen LogP contribution is -2.40. The zero-order chi connectivity index (χ0) is 9.78. The lowest BCUT2D eigenvalue weighted by molar-refractivity contribution is -0.728. The van der Waals surface area contributed by atoms with Gasteiger partial charge in [0.25, 0.3) is 10.4 Å². The van der Waals surface area contributed by atoms with Crippen molar-refractivity contribution >= 4 is 16.4 Å². The monoisotopic (exact) mass is 197 g/mol. The van der Waals surface area contributed by atoms with Crippen molar-refractivity contribution in [2.75, 3.05) is 21.1 Å². The fraction of sp³-hybridized carbons (Fsp3) is 0.750. The second-order valence-corrected chi connectivity index (χ2v) is 2.79. The van der Waals surface area contributed by atoms with Crippen LogP contribution in [0, 0.1) is 0 Å². The zero-order valence-corrected chi connectivity index (χ0v) is 7.80. The van der Waals surface area contributed by atoms with E-state index in [1.165, 1.54) is 7.05 Å². The Balaban J connectivity index is 4.56. The van der Waals surface area contributed by atoms with E-state index in [9.17, 15) is 13.0 Å². The minimum Gasteiger partial charge on any atom is -0.713 e. The molecule has 0 rings (SSSR count). The molecule has 0 spiro atoms. The van der Waals surface area contributed by atoms with Crippen molar-refractivity contribution < 1.29 is 22.0 Å². The molecule has 0 radical (unpaired) electrons. The molecule has 8 heteroatoms. The molecule has 0 aromatic heterocycles. The van der Waals surface area contributed by atoms with Crippen molar-refractivity contribution in [3.05, 3.63) is 0 Å². The van der Waals surface area contributed by atoms with Crippen molar-refractivity contribution in [1.29, 1.82) is 0 Å². The minimum absolute atomic E-state index is 0.259. The minimum atomic E-state index is -4.71. The second kappa shape index (κ2) is 4.12. The Labute approximate surface area is 70.9 Å². The predicted octanol–water partition coefficient (Wildman–Crippen LogP) is -2.18. The third-order valence-electron chi connectivity index (χ3n) is 0.992. The van der Waals surface area contributed by atoms with E-state index in [0.717, 1.165) is 4.74 Å². The molecule has 0 saturated carbocycles. The van der Waals surface area contributed by atoms with E-state index in [-0.39, 0.29) is 5.96 Å². The van der Waals surface area contributed by atoms with Gasteiger partial charge in [0.2, 0.25) is 0 Å². The second-order valence-electron chi connectivity index (χ2n) is 1.83. The Hall–Kier alpha value is -1.02. The molecule has 0 aromatic carbocycles. The van der Waals surface area contributed by atoms with Crippen molar-refractivity contribution in [2.45, 2.75) is 0 Å². The number of nitrogens with zero attached hydrogens (tertiary/aromatic N) is 1. The number of nitrogens with one attached hydrogen (secondary N) is 2. The summed E-state index contributed by atoms with van der Waals surface area (Å²) in [6, 6.07) is 0. The molecule has 0 heterocycles. The summed E-state index contributed by atoms with van der Waals surface area (Å²) in [5.74, 6) is 0.259. The molecule has 72 valence electrons. The number of hydroxylamine groups is 1. The smallest absolute Gasteiger partial charge is 0.383 e. The first kappa shape index (κ1) is 11.0. The maximum absolute atomic E-state index is 10.1. The molecule has 2 N–H and O–H groups in total. The van der Waals surface area contributed by atoms with E-state index in [1.807, 2.05) is 0 Å². The van der Waals surface area contributed by atoms with Crippen LogP contribution in [0.2, 0.25) is 0 Å². The van der Waals surface area contributed by atoms with Crippen LogP contribution in [0.4, 0.5) is 0 Å². The van der Waals surface area contributed by atoms with Crippen LogP contribution < -0.4 is 10.6 Å². The maximum Gasteiger partial charge on any atom is 0.383 e. The Morgan fingerprint density at radius 3 is 2.08 bits per heavy atom. The van der Waals surface area contributed by atoms with Gasteiger partial charge in [-0.25, -0.2) is 4.28 Å². The molecule has 0 aliphatic heterocycles. The summed E-state index contributed by atoms with van der Waals surface area (Å²) in [5.41, 5.74) is 0. The molecule has 12 heavy (non-hydrogen) atoms. The lowest BCUT2D eigenvalue weighted by Gasteiger charge is -2.09. The van der Waals surface area contributed by atoms with Gasteiger partial charge >= 0.3 is 5.96 Å². The average Bonchev–Trinajstić information content (AvgIpc) is 1.85.